The van der Waals surface area contributed by atoms with Crippen LogP contribution in [0.4, 0.5) is 4.79 Å². The molecule has 2 atom stereocenters. The minimum Gasteiger partial charge on any atom is -0.469 e. The number of amides is 2. The number of carbonyl (C=O) groups is 2. The van der Waals surface area contributed by atoms with E-state index in [4.69, 9.17) is 4.74 Å². The van der Waals surface area contributed by atoms with Gasteiger partial charge in [-0.1, -0.05) is 13.0 Å². The Hall–Kier alpha value is -1.56. The van der Waals surface area contributed by atoms with Gasteiger partial charge in [-0.25, -0.2) is 4.79 Å². The second-order valence-corrected chi connectivity index (χ2v) is 6.92. The average Bonchev–Trinajstić information content (AvgIpc) is 3.04. The van der Waals surface area contributed by atoms with E-state index >= 15 is 0 Å². The lowest BCUT2D eigenvalue weighted by Crippen LogP contribution is -2.48. The molecule has 1 saturated heterocycles. The van der Waals surface area contributed by atoms with Crippen molar-refractivity contribution in [1.29, 1.82) is 0 Å². The Bertz CT molecular complexity index is 490. The van der Waals surface area contributed by atoms with Crippen LogP contribution in [0.2, 0.25) is 0 Å². The first-order valence-electron chi connectivity index (χ1n) is 7.73. The van der Waals surface area contributed by atoms with E-state index in [0.717, 1.165) is 19.3 Å². The van der Waals surface area contributed by atoms with Gasteiger partial charge >= 0.3 is 12.0 Å². The fourth-order valence-electron chi connectivity index (χ4n) is 2.74. The van der Waals surface area contributed by atoms with E-state index in [1.54, 1.807) is 16.2 Å². The van der Waals surface area contributed by atoms with Crippen LogP contribution in [0.1, 0.15) is 24.6 Å². The Kier molecular flexibility index (Phi) is 6.24. The lowest BCUT2D eigenvalue weighted by atomic mass is 9.98. The predicted octanol–water partition coefficient (Wildman–Crippen LogP) is 2.52. The molecule has 1 N–H and O–H groups in total. The van der Waals surface area contributed by atoms with Crippen molar-refractivity contribution in [3.8, 4) is 0 Å². The number of hydrogen-bond acceptors (Lipinski definition) is 4. The van der Waals surface area contributed by atoms with Gasteiger partial charge in [0.15, 0.2) is 0 Å². The summed E-state index contributed by atoms with van der Waals surface area (Å²) in [6.45, 7) is 3.94. The number of piperidine rings is 1. The zero-order valence-corrected chi connectivity index (χ0v) is 14.0. The van der Waals surface area contributed by atoms with E-state index in [2.05, 4.69) is 23.7 Å². The van der Waals surface area contributed by atoms with Crippen molar-refractivity contribution < 1.29 is 14.3 Å². The molecule has 0 aliphatic carbocycles. The van der Waals surface area contributed by atoms with Crippen molar-refractivity contribution in [3.05, 3.63) is 22.4 Å². The first kappa shape index (κ1) is 16.8. The molecule has 0 radical (unpaired) electrons. The van der Waals surface area contributed by atoms with Gasteiger partial charge in [-0.3, -0.25) is 4.79 Å². The molecule has 0 aromatic carbocycles. The summed E-state index contributed by atoms with van der Waals surface area (Å²) in [4.78, 5) is 26.9. The Balaban J connectivity index is 1.75. The minimum atomic E-state index is -0.219. The van der Waals surface area contributed by atoms with Crippen LogP contribution in [0.5, 0.6) is 0 Å². The smallest absolute Gasteiger partial charge is 0.317 e. The maximum Gasteiger partial charge on any atom is 0.317 e. The number of thiophene rings is 1. The molecular weight excluding hydrogens is 300 g/mol. The summed E-state index contributed by atoms with van der Waals surface area (Å²) in [5.41, 5.74) is 0. The first-order chi connectivity index (χ1) is 10.6. The predicted molar refractivity (Wildman–Crippen MR) is 86.9 cm³/mol. The van der Waals surface area contributed by atoms with Crippen LogP contribution in [0.3, 0.4) is 0 Å². The Morgan fingerprint density at radius 3 is 3.05 bits per heavy atom. The monoisotopic (exact) mass is 324 g/mol. The van der Waals surface area contributed by atoms with Gasteiger partial charge in [0.2, 0.25) is 0 Å². The minimum absolute atomic E-state index is 0.0772. The van der Waals surface area contributed by atoms with Gasteiger partial charge in [-0.2, -0.15) is 0 Å². The fourth-order valence-corrected chi connectivity index (χ4v) is 3.61. The second kappa shape index (κ2) is 8.17. The molecule has 0 bridgehead atoms. The number of hydrogen-bond donors (Lipinski definition) is 1. The molecular formula is C16H24N2O3S. The normalized spacial score (nSPS) is 19.5. The number of nitrogens with zero attached hydrogens (tertiary/aromatic N) is 1. The molecule has 0 spiro atoms. The van der Waals surface area contributed by atoms with Crippen molar-refractivity contribution in [3.63, 3.8) is 0 Å². The van der Waals surface area contributed by atoms with Crippen LogP contribution in [-0.4, -0.2) is 43.6 Å². The molecule has 1 aromatic heterocycles. The lowest BCUT2D eigenvalue weighted by molar-refractivity contribution is -0.146. The second-order valence-electron chi connectivity index (χ2n) is 5.88. The number of ether oxygens (including phenoxy) is 1. The highest BCUT2D eigenvalue weighted by Crippen LogP contribution is 2.18. The van der Waals surface area contributed by atoms with Gasteiger partial charge in [0.1, 0.15) is 0 Å². The molecule has 5 nitrogen and oxygen atoms in total. The van der Waals surface area contributed by atoms with E-state index in [9.17, 15) is 9.59 Å². The van der Waals surface area contributed by atoms with Crippen molar-refractivity contribution in [2.24, 2.45) is 11.8 Å². The average molecular weight is 324 g/mol. The zero-order chi connectivity index (χ0) is 15.9. The largest absolute Gasteiger partial charge is 0.469 e. The highest BCUT2D eigenvalue weighted by atomic mass is 32.1. The van der Waals surface area contributed by atoms with Crippen LogP contribution < -0.4 is 5.32 Å². The standard InChI is InChI=1S/C16H24N2O3S/c1-12(9-14-6-4-8-22-14)10-17-16(20)18-7-3-5-13(11-18)15(19)21-2/h4,6,8,12-13H,3,5,7,9-11H2,1-2H3,(H,17,20). The number of rotatable bonds is 5. The maximum atomic E-state index is 12.2. The molecule has 1 aromatic rings. The number of methoxy groups -OCH3 is 1. The molecule has 2 amide bonds. The highest BCUT2D eigenvalue weighted by molar-refractivity contribution is 7.09. The molecule has 0 saturated carbocycles. The zero-order valence-electron chi connectivity index (χ0n) is 13.2. The van der Waals surface area contributed by atoms with Crippen LogP contribution in [0.15, 0.2) is 17.5 Å². The Labute approximate surface area is 135 Å². The number of likely N-dealkylation sites (tertiary alicyclic amines) is 1. The number of urea groups is 1. The van der Waals surface area contributed by atoms with Gasteiger partial charge in [-0.15, -0.1) is 11.3 Å². The van der Waals surface area contributed by atoms with Crippen LogP contribution in [-0.2, 0) is 16.0 Å². The van der Waals surface area contributed by atoms with Crippen molar-refractivity contribution in [2.45, 2.75) is 26.2 Å². The molecule has 1 fully saturated rings. The number of esters is 1. The first-order valence-corrected chi connectivity index (χ1v) is 8.61. The van der Waals surface area contributed by atoms with Gasteiger partial charge in [0.25, 0.3) is 0 Å². The molecule has 1 aliphatic heterocycles. The van der Waals surface area contributed by atoms with E-state index < -0.39 is 0 Å². The fraction of sp³-hybridized carbons (Fsp3) is 0.625. The quantitative estimate of drug-likeness (QED) is 0.847. The topological polar surface area (TPSA) is 58.6 Å². The van der Waals surface area contributed by atoms with Crippen LogP contribution in [0.25, 0.3) is 0 Å². The molecule has 122 valence electrons. The summed E-state index contributed by atoms with van der Waals surface area (Å²) in [7, 11) is 1.40. The molecule has 1 aliphatic rings. The summed E-state index contributed by atoms with van der Waals surface area (Å²) in [6, 6.07) is 4.09. The Morgan fingerprint density at radius 2 is 2.36 bits per heavy atom. The van der Waals surface area contributed by atoms with Gasteiger partial charge in [-0.05, 0) is 36.6 Å². The molecule has 22 heavy (non-hydrogen) atoms. The third kappa shape index (κ3) is 4.73. The third-order valence-corrected chi connectivity index (χ3v) is 4.87. The van der Waals surface area contributed by atoms with Crippen LogP contribution >= 0.6 is 11.3 Å². The summed E-state index contributed by atoms with van der Waals surface area (Å²) < 4.78 is 4.78. The molecule has 2 heterocycles. The van der Waals surface area contributed by atoms with Gasteiger partial charge in [0.05, 0.1) is 13.0 Å². The maximum absolute atomic E-state index is 12.2. The molecule has 2 rings (SSSR count). The highest BCUT2D eigenvalue weighted by Gasteiger charge is 2.28. The van der Waals surface area contributed by atoms with Crippen molar-refractivity contribution in [2.75, 3.05) is 26.7 Å². The van der Waals surface area contributed by atoms with Gasteiger partial charge in [0, 0.05) is 24.5 Å². The number of carbonyl (C=O) groups excluding carboxylic acids is 2. The SMILES string of the molecule is COC(=O)C1CCCN(C(=O)NCC(C)Cc2cccs2)C1. The summed E-state index contributed by atoms with van der Waals surface area (Å²) in [6.07, 6.45) is 2.62. The summed E-state index contributed by atoms with van der Waals surface area (Å²) in [5.74, 6) is -0.0135. The summed E-state index contributed by atoms with van der Waals surface area (Å²) in [5, 5.41) is 5.05. The molecule has 2 unspecified atom stereocenters. The van der Waals surface area contributed by atoms with E-state index in [1.165, 1.54) is 12.0 Å². The third-order valence-electron chi connectivity index (χ3n) is 3.97. The van der Waals surface area contributed by atoms with Gasteiger partial charge < -0.3 is 15.0 Å². The van der Waals surface area contributed by atoms with E-state index in [-0.39, 0.29) is 17.9 Å². The van der Waals surface area contributed by atoms with Crippen molar-refractivity contribution in [1.82, 2.24) is 10.2 Å². The van der Waals surface area contributed by atoms with Crippen molar-refractivity contribution >= 4 is 23.3 Å². The molecule has 6 heteroatoms. The van der Waals surface area contributed by atoms with E-state index in [1.807, 2.05) is 6.07 Å². The number of nitrogens with one attached hydrogen (secondary N) is 1. The Morgan fingerprint density at radius 1 is 1.55 bits per heavy atom. The van der Waals surface area contributed by atoms with E-state index in [0.29, 0.717) is 25.6 Å². The lowest BCUT2D eigenvalue weighted by Gasteiger charge is -2.31. The van der Waals surface area contributed by atoms with Crippen LogP contribution in [0, 0.1) is 11.8 Å². The summed E-state index contributed by atoms with van der Waals surface area (Å²) >= 11 is 1.75.